The smallest absolute Gasteiger partial charge is 0.265 e. The average Bonchev–Trinajstić information content (AvgIpc) is 2.94. The lowest BCUT2D eigenvalue weighted by Gasteiger charge is -2.31. The summed E-state index contributed by atoms with van der Waals surface area (Å²) >= 11 is 0. The molecule has 1 saturated heterocycles. The second kappa shape index (κ2) is 5.09. The first kappa shape index (κ1) is 12.3. The van der Waals surface area contributed by atoms with E-state index >= 15 is 0 Å². The summed E-state index contributed by atoms with van der Waals surface area (Å²) in [5.41, 5.74) is 1.88. The highest BCUT2D eigenvalue weighted by atomic mass is 16.5. The molecule has 1 amide bonds. The predicted molar refractivity (Wildman–Crippen MR) is 74.8 cm³/mol. The minimum atomic E-state index is 0.0488. The van der Waals surface area contributed by atoms with Gasteiger partial charge >= 0.3 is 0 Å². The maximum atomic E-state index is 12.1. The van der Waals surface area contributed by atoms with Crippen molar-refractivity contribution in [3.63, 3.8) is 0 Å². The molecule has 19 heavy (non-hydrogen) atoms. The maximum absolute atomic E-state index is 12.1. The van der Waals surface area contributed by atoms with Crippen molar-refractivity contribution in [2.45, 2.75) is 6.42 Å². The Balaban J connectivity index is 1.88. The fraction of sp³-hybridized carbons (Fsp3) is 0.500. The van der Waals surface area contributed by atoms with Crippen LogP contribution in [0.2, 0.25) is 0 Å². The summed E-state index contributed by atoms with van der Waals surface area (Å²) in [4.78, 5) is 14.0. The van der Waals surface area contributed by atoms with Gasteiger partial charge in [0, 0.05) is 19.3 Å². The van der Waals surface area contributed by atoms with Crippen LogP contribution in [0.25, 0.3) is 0 Å². The van der Waals surface area contributed by atoms with Crippen LogP contribution in [0.5, 0.6) is 5.75 Å². The summed E-state index contributed by atoms with van der Waals surface area (Å²) in [7, 11) is 1.87. The van der Waals surface area contributed by atoms with E-state index in [2.05, 4.69) is 10.6 Å². The molecule has 1 aromatic rings. The van der Waals surface area contributed by atoms with Crippen molar-refractivity contribution in [2.24, 2.45) is 5.92 Å². The van der Waals surface area contributed by atoms with E-state index in [4.69, 9.17) is 4.74 Å². The van der Waals surface area contributed by atoms with Gasteiger partial charge in [-0.2, -0.15) is 0 Å². The Kier molecular flexibility index (Phi) is 3.29. The van der Waals surface area contributed by atoms with Crippen molar-refractivity contribution in [1.29, 1.82) is 0 Å². The molecule has 102 valence electrons. The van der Waals surface area contributed by atoms with Gasteiger partial charge in [-0.05, 0) is 43.6 Å². The van der Waals surface area contributed by atoms with E-state index in [1.54, 1.807) is 0 Å². The van der Waals surface area contributed by atoms with E-state index in [0.29, 0.717) is 5.92 Å². The highest BCUT2D eigenvalue weighted by Crippen LogP contribution is 2.35. The third-order valence-electron chi connectivity index (χ3n) is 3.79. The largest absolute Gasteiger partial charge is 0.482 e. The van der Waals surface area contributed by atoms with Crippen LogP contribution in [0.15, 0.2) is 18.2 Å². The summed E-state index contributed by atoms with van der Waals surface area (Å²) in [5, 5.41) is 6.44. The van der Waals surface area contributed by atoms with Gasteiger partial charge in [-0.15, -0.1) is 0 Å². The highest BCUT2D eigenvalue weighted by molar-refractivity contribution is 5.98. The maximum Gasteiger partial charge on any atom is 0.265 e. The lowest BCUT2D eigenvalue weighted by Crippen LogP contribution is -2.42. The zero-order valence-electron chi connectivity index (χ0n) is 11.1. The molecule has 0 aliphatic carbocycles. The number of nitrogens with zero attached hydrogens (tertiary/aromatic N) is 1. The van der Waals surface area contributed by atoms with E-state index in [1.807, 2.05) is 30.1 Å². The van der Waals surface area contributed by atoms with Crippen molar-refractivity contribution in [3.05, 3.63) is 18.2 Å². The number of anilines is 2. The number of benzene rings is 1. The van der Waals surface area contributed by atoms with Crippen molar-refractivity contribution in [2.75, 3.05) is 43.5 Å². The molecule has 5 nitrogen and oxygen atoms in total. The zero-order chi connectivity index (χ0) is 13.2. The summed E-state index contributed by atoms with van der Waals surface area (Å²) in [6.07, 6.45) is 1.13. The first-order valence-corrected chi connectivity index (χ1v) is 6.73. The van der Waals surface area contributed by atoms with Gasteiger partial charge in [-0.3, -0.25) is 4.79 Å². The molecule has 2 aliphatic heterocycles. The first-order chi connectivity index (χ1) is 9.28. The molecule has 0 radical (unpaired) electrons. The number of amides is 1. The number of hydrogen-bond donors (Lipinski definition) is 2. The van der Waals surface area contributed by atoms with Crippen LogP contribution in [0.3, 0.4) is 0 Å². The molecule has 0 aromatic heterocycles. The van der Waals surface area contributed by atoms with Crippen LogP contribution in [0, 0.1) is 5.92 Å². The molecule has 1 unspecified atom stereocenters. The number of nitrogens with one attached hydrogen (secondary N) is 2. The van der Waals surface area contributed by atoms with Gasteiger partial charge in [0.05, 0.1) is 5.69 Å². The van der Waals surface area contributed by atoms with Gasteiger partial charge in [0.2, 0.25) is 0 Å². The minimum Gasteiger partial charge on any atom is -0.482 e. The second-order valence-corrected chi connectivity index (χ2v) is 5.08. The van der Waals surface area contributed by atoms with Crippen LogP contribution in [-0.2, 0) is 4.79 Å². The fourth-order valence-electron chi connectivity index (χ4n) is 2.69. The van der Waals surface area contributed by atoms with Gasteiger partial charge in [0.25, 0.3) is 5.91 Å². The number of rotatable bonds is 3. The van der Waals surface area contributed by atoms with Gasteiger partial charge in [0.15, 0.2) is 6.61 Å². The van der Waals surface area contributed by atoms with Crippen LogP contribution in [-0.4, -0.2) is 39.2 Å². The third-order valence-corrected chi connectivity index (χ3v) is 3.79. The monoisotopic (exact) mass is 261 g/mol. The standard InChI is InChI=1S/C14H19N3O2/c1-15-11-2-3-13-12(6-11)17(14(18)9-19-13)8-10-4-5-16-7-10/h2-3,6,10,15-16H,4-5,7-9H2,1H3. The number of carbonyl (C=O) groups is 1. The Bertz CT molecular complexity index is 484. The van der Waals surface area contributed by atoms with Gasteiger partial charge < -0.3 is 20.3 Å². The molecule has 1 atom stereocenters. The molecule has 1 aromatic carbocycles. The molecule has 0 saturated carbocycles. The molecule has 2 aliphatic rings. The van der Waals surface area contributed by atoms with Gasteiger partial charge in [-0.25, -0.2) is 0 Å². The Morgan fingerprint density at radius 2 is 2.42 bits per heavy atom. The summed E-state index contributed by atoms with van der Waals surface area (Å²) in [6, 6.07) is 5.87. The molecular weight excluding hydrogens is 242 g/mol. The highest BCUT2D eigenvalue weighted by Gasteiger charge is 2.29. The zero-order valence-corrected chi connectivity index (χ0v) is 11.1. The summed E-state index contributed by atoms with van der Waals surface area (Å²) in [5.74, 6) is 1.38. The van der Waals surface area contributed by atoms with Crippen LogP contribution in [0.4, 0.5) is 11.4 Å². The Hall–Kier alpha value is -1.75. The molecule has 2 N–H and O–H groups in total. The molecule has 5 heteroatoms. The molecule has 2 heterocycles. The SMILES string of the molecule is CNc1ccc2c(c1)N(CC1CCNC1)C(=O)CO2. The minimum absolute atomic E-state index is 0.0488. The Morgan fingerprint density at radius 3 is 3.16 bits per heavy atom. The summed E-state index contributed by atoms with van der Waals surface area (Å²) < 4.78 is 5.50. The van der Waals surface area contributed by atoms with Crippen molar-refractivity contribution < 1.29 is 9.53 Å². The van der Waals surface area contributed by atoms with Crippen molar-refractivity contribution in [1.82, 2.24) is 5.32 Å². The summed E-state index contributed by atoms with van der Waals surface area (Å²) in [6.45, 7) is 2.96. The molecule has 3 rings (SSSR count). The third kappa shape index (κ3) is 2.38. The Morgan fingerprint density at radius 1 is 1.53 bits per heavy atom. The fourth-order valence-corrected chi connectivity index (χ4v) is 2.69. The van der Waals surface area contributed by atoms with E-state index in [-0.39, 0.29) is 12.5 Å². The lowest BCUT2D eigenvalue weighted by molar-refractivity contribution is -0.121. The Labute approximate surface area is 112 Å². The number of fused-ring (bicyclic) bond motifs is 1. The van der Waals surface area contributed by atoms with Crippen LogP contribution < -0.4 is 20.3 Å². The van der Waals surface area contributed by atoms with E-state index in [1.165, 1.54) is 0 Å². The van der Waals surface area contributed by atoms with E-state index < -0.39 is 0 Å². The van der Waals surface area contributed by atoms with Crippen LogP contribution >= 0.6 is 0 Å². The van der Waals surface area contributed by atoms with Crippen molar-refractivity contribution in [3.8, 4) is 5.75 Å². The van der Waals surface area contributed by atoms with E-state index in [9.17, 15) is 4.79 Å². The molecule has 1 fully saturated rings. The van der Waals surface area contributed by atoms with Gasteiger partial charge in [-0.1, -0.05) is 0 Å². The molecule has 0 spiro atoms. The lowest BCUT2D eigenvalue weighted by atomic mass is 10.1. The normalized spacial score (nSPS) is 22.1. The van der Waals surface area contributed by atoms with Crippen molar-refractivity contribution >= 4 is 17.3 Å². The van der Waals surface area contributed by atoms with Crippen LogP contribution in [0.1, 0.15) is 6.42 Å². The quantitative estimate of drug-likeness (QED) is 0.854. The topological polar surface area (TPSA) is 53.6 Å². The molecular formula is C14H19N3O2. The average molecular weight is 261 g/mol. The molecule has 0 bridgehead atoms. The first-order valence-electron chi connectivity index (χ1n) is 6.73. The second-order valence-electron chi connectivity index (χ2n) is 5.08. The van der Waals surface area contributed by atoms with E-state index in [0.717, 1.165) is 43.2 Å². The number of hydrogen-bond acceptors (Lipinski definition) is 4. The number of ether oxygens (including phenoxy) is 1. The number of carbonyl (C=O) groups excluding carboxylic acids is 1. The predicted octanol–water partition coefficient (Wildman–Crippen LogP) is 1.06. The van der Waals surface area contributed by atoms with Gasteiger partial charge in [0.1, 0.15) is 5.75 Å².